The standard InChI is InChI=1S/C16H11Cl2F3N2O2/c17-12-5-4-9-11(7-25-15(9)23-12)22-13(24)6-8-2-1-3-10(14(8)18)16(19,20)21/h1-5,11H,6-7H2,(H,22,24). The Kier molecular flexibility index (Phi) is 4.79. The maximum absolute atomic E-state index is 12.9. The number of aromatic nitrogens is 1. The summed E-state index contributed by atoms with van der Waals surface area (Å²) in [5, 5.41) is 2.50. The van der Waals surface area contributed by atoms with Crippen molar-refractivity contribution in [3.8, 4) is 5.88 Å². The predicted molar refractivity (Wildman–Crippen MR) is 85.8 cm³/mol. The van der Waals surface area contributed by atoms with E-state index in [1.807, 2.05) is 0 Å². The molecule has 0 saturated carbocycles. The van der Waals surface area contributed by atoms with Crippen LogP contribution in [-0.2, 0) is 17.4 Å². The Balaban J connectivity index is 1.73. The van der Waals surface area contributed by atoms with Gasteiger partial charge in [-0.25, -0.2) is 4.98 Å². The molecule has 4 nitrogen and oxygen atoms in total. The topological polar surface area (TPSA) is 51.2 Å². The number of benzene rings is 1. The fourth-order valence-corrected chi connectivity index (χ4v) is 2.97. The second-order valence-corrected chi connectivity index (χ2v) is 6.18. The van der Waals surface area contributed by atoms with Gasteiger partial charge in [0.2, 0.25) is 11.8 Å². The Hall–Kier alpha value is -1.99. The van der Waals surface area contributed by atoms with Crippen LogP contribution in [0.1, 0.15) is 22.7 Å². The molecule has 25 heavy (non-hydrogen) atoms. The number of carbonyl (C=O) groups is 1. The number of carbonyl (C=O) groups excluding carboxylic acids is 1. The molecule has 0 saturated heterocycles. The van der Waals surface area contributed by atoms with Gasteiger partial charge in [0.25, 0.3) is 0 Å². The van der Waals surface area contributed by atoms with Crippen molar-refractivity contribution in [1.82, 2.24) is 10.3 Å². The van der Waals surface area contributed by atoms with Crippen molar-refractivity contribution in [2.24, 2.45) is 0 Å². The number of halogens is 5. The lowest BCUT2D eigenvalue weighted by Crippen LogP contribution is -2.30. The molecule has 1 aromatic heterocycles. The van der Waals surface area contributed by atoms with Gasteiger partial charge in [0.15, 0.2) is 0 Å². The van der Waals surface area contributed by atoms with Crippen molar-refractivity contribution in [2.45, 2.75) is 18.6 Å². The van der Waals surface area contributed by atoms with Crippen LogP contribution >= 0.6 is 23.2 Å². The number of fused-ring (bicyclic) bond motifs is 1. The van der Waals surface area contributed by atoms with Crippen LogP contribution < -0.4 is 10.1 Å². The summed E-state index contributed by atoms with van der Waals surface area (Å²) in [6.45, 7) is 0.171. The van der Waals surface area contributed by atoms with Gasteiger partial charge in [0, 0.05) is 5.56 Å². The lowest BCUT2D eigenvalue weighted by atomic mass is 10.1. The number of ether oxygens (including phenoxy) is 1. The molecule has 0 aliphatic carbocycles. The average molecular weight is 391 g/mol. The van der Waals surface area contributed by atoms with Crippen molar-refractivity contribution >= 4 is 29.1 Å². The molecule has 0 fully saturated rings. The lowest BCUT2D eigenvalue weighted by molar-refractivity contribution is -0.137. The second-order valence-electron chi connectivity index (χ2n) is 5.41. The van der Waals surface area contributed by atoms with E-state index in [9.17, 15) is 18.0 Å². The molecule has 2 aromatic rings. The summed E-state index contributed by atoms with van der Waals surface area (Å²) < 4.78 is 44.0. The second kappa shape index (κ2) is 6.72. The van der Waals surface area contributed by atoms with Gasteiger partial charge in [-0.15, -0.1) is 0 Å². The minimum Gasteiger partial charge on any atom is -0.475 e. The Bertz CT molecular complexity index is 828. The maximum atomic E-state index is 12.9. The highest BCUT2D eigenvalue weighted by Crippen LogP contribution is 2.36. The Morgan fingerprint density at radius 1 is 1.28 bits per heavy atom. The van der Waals surface area contributed by atoms with E-state index in [-0.39, 0.29) is 23.7 Å². The van der Waals surface area contributed by atoms with Crippen LogP contribution in [0.25, 0.3) is 0 Å². The third kappa shape index (κ3) is 3.82. The number of rotatable bonds is 3. The molecule has 132 valence electrons. The van der Waals surface area contributed by atoms with Gasteiger partial charge >= 0.3 is 6.18 Å². The SMILES string of the molecule is O=C(Cc1cccc(C(F)(F)F)c1Cl)NC1COc2nc(Cl)ccc21. The first-order valence-electron chi connectivity index (χ1n) is 7.19. The number of nitrogens with one attached hydrogen (secondary N) is 1. The van der Waals surface area contributed by atoms with E-state index in [2.05, 4.69) is 10.3 Å². The van der Waals surface area contributed by atoms with Crippen LogP contribution in [0, 0.1) is 0 Å². The van der Waals surface area contributed by atoms with Crippen molar-refractivity contribution in [2.75, 3.05) is 6.61 Å². The van der Waals surface area contributed by atoms with Gasteiger partial charge in [0.05, 0.1) is 23.0 Å². The average Bonchev–Trinajstić information content (AvgIpc) is 2.90. The van der Waals surface area contributed by atoms with Crippen LogP contribution in [0.15, 0.2) is 30.3 Å². The van der Waals surface area contributed by atoms with Gasteiger partial charge in [-0.3, -0.25) is 4.79 Å². The quantitative estimate of drug-likeness (QED) is 0.799. The van der Waals surface area contributed by atoms with Gasteiger partial charge in [-0.1, -0.05) is 35.3 Å². The van der Waals surface area contributed by atoms with E-state index in [0.29, 0.717) is 11.4 Å². The van der Waals surface area contributed by atoms with Crippen LogP contribution in [0.2, 0.25) is 10.2 Å². The molecule has 0 radical (unpaired) electrons. The fourth-order valence-electron chi connectivity index (χ4n) is 2.53. The minimum absolute atomic E-state index is 0.0994. The Morgan fingerprint density at radius 2 is 2.04 bits per heavy atom. The number of hydrogen-bond acceptors (Lipinski definition) is 3. The van der Waals surface area contributed by atoms with Crippen molar-refractivity contribution in [1.29, 1.82) is 0 Å². The Morgan fingerprint density at radius 3 is 2.76 bits per heavy atom. The first-order valence-corrected chi connectivity index (χ1v) is 7.94. The largest absolute Gasteiger partial charge is 0.475 e. The zero-order valence-electron chi connectivity index (χ0n) is 12.5. The third-order valence-electron chi connectivity index (χ3n) is 3.69. The fraction of sp³-hybridized carbons (Fsp3) is 0.250. The molecular formula is C16H11Cl2F3N2O2. The molecule has 0 bridgehead atoms. The normalized spacial score (nSPS) is 16.3. The summed E-state index contributed by atoms with van der Waals surface area (Å²) in [6, 6.07) is 6.28. The summed E-state index contributed by atoms with van der Waals surface area (Å²) in [5.41, 5.74) is -0.205. The summed E-state index contributed by atoms with van der Waals surface area (Å²) in [5.74, 6) is -0.146. The summed E-state index contributed by atoms with van der Waals surface area (Å²) in [6.07, 6.45) is -4.86. The van der Waals surface area contributed by atoms with E-state index in [0.717, 1.165) is 6.07 Å². The van der Waals surface area contributed by atoms with Crippen molar-refractivity contribution in [3.05, 3.63) is 57.2 Å². The number of alkyl halides is 3. The highest BCUT2D eigenvalue weighted by atomic mass is 35.5. The van der Waals surface area contributed by atoms with Gasteiger partial charge < -0.3 is 10.1 Å². The monoisotopic (exact) mass is 390 g/mol. The zero-order valence-corrected chi connectivity index (χ0v) is 14.0. The van der Waals surface area contributed by atoms with Gasteiger partial charge in [-0.2, -0.15) is 13.2 Å². The molecule has 1 amide bonds. The lowest BCUT2D eigenvalue weighted by Gasteiger charge is -2.14. The van der Waals surface area contributed by atoms with E-state index < -0.39 is 28.7 Å². The highest BCUT2D eigenvalue weighted by Gasteiger charge is 2.34. The number of hydrogen-bond donors (Lipinski definition) is 1. The smallest absolute Gasteiger partial charge is 0.417 e. The number of pyridine rings is 1. The third-order valence-corrected chi connectivity index (χ3v) is 4.35. The van der Waals surface area contributed by atoms with Crippen LogP contribution in [0.3, 0.4) is 0 Å². The zero-order chi connectivity index (χ0) is 18.2. The molecule has 3 rings (SSSR count). The van der Waals surface area contributed by atoms with Crippen molar-refractivity contribution < 1.29 is 22.7 Å². The van der Waals surface area contributed by atoms with Gasteiger partial charge in [0.1, 0.15) is 11.8 Å². The van der Waals surface area contributed by atoms with E-state index in [1.165, 1.54) is 12.1 Å². The van der Waals surface area contributed by atoms with E-state index in [1.54, 1.807) is 12.1 Å². The maximum Gasteiger partial charge on any atom is 0.417 e. The molecule has 1 aliphatic rings. The molecule has 1 unspecified atom stereocenters. The summed E-state index contributed by atoms with van der Waals surface area (Å²) in [4.78, 5) is 16.2. The number of nitrogens with zero attached hydrogens (tertiary/aromatic N) is 1. The molecule has 9 heteroatoms. The first-order chi connectivity index (χ1) is 11.8. The summed E-state index contributed by atoms with van der Waals surface area (Å²) in [7, 11) is 0. The molecule has 1 N–H and O–H groups in total. The first kappa shape index (κ1) is 17.8. The van der Waals surface area contributed by atoms with Crippen molar-refractivity contribution in [3.63, 3.8) is 0 Å². The van der Waals surface area contributed by atoms with Crippen LogP contribution in [-0.4, -0.2) is 17.5 Å². The molecular weight excluding hydrogens is 380 g/mol. The minimum atomic E-state index is -4.58. The Labute approximate surface area is 150 Å². The van der Waals surface area contributed by atoms with Crippen LogP contribution in [0.5, 0.6) is 5.88 Å². The highest BCUT2D eigenvalue weighted by molar-refractivity contribution is 6.32. The molecule has 1 aliphatic heterocycles. The molecule has 2 heterocycles. The predicted octanol–water partition coefficient (Wildman–Crippen LogP) is 4.20. The van der Waals surface area contributed by atoms with E-state index >= 15 is 0 Å². The molecule has 0 spiro atoms. The number of amides is 1. The van der Waals surface area contributed by atoms with E-state index in [4.69, 9.17) is 27.9 Å². The van der Waals surface area contributed by atoms with Crippen LogP contribution in [0.4, 0.5) is 13.2 Å². The summed E-state index contributed by atoms with van der Waals surface area (Å²) >= 11 is 11.6. The molecule has 1 aromatic carbocycles. The van der Waals surface area contributed by atoms with Gasteiger partial charge in [-0.05, 0) is 23.8 Å². The molecule has 1 atom stereocenters.